The summed E-state index contributed by atoms with van der Waals surface area (Å²) in [5.41, 5.74) is 6.65. The average molecular weight is 340 g/mol. The molecule has 3 rings (SSSR count). The summed E-state index contributed by atoms with van der Waals surface area (Å²) in [4.78, 5) is 4.58. The molecule has 7 heteroatoms. The van der Waals surface area contributed by atoms with Crippen LogP contribution in [0.15, 0.2) is 22.7 Å². The van der Waals surface area contributed by atoms with Gasteiger partial charge in [0.15, 0.2) is 11.5 Å². The lowest BCUT2D eigenvalue weighted by molar-refractivity contribution is 0.284. The first kappa shape index (κ1) is 17.6. The van der Waals surface area contributed by atoms with Crippen LogP contribution in [-0.4, -0.2) is 30.9 Å². The van der Waals surface area contributed by atoms with Gasteiger partial charge in [0.2, 0.25) is 11.7 Å². The molecule has 1 aliphatic carbocycles. The Hall–Kier alpha value is -1.79. The lowest BCUT2D eigenvalue weighted by Gasteiger charge is -2.21. The third kappa shape index (κ3) is 3.14. The lowest BCUT2D eigenvalue weighted by atomic mass is 9.86. The fourth-order valence-corrected chi connectivity index (χ4v) is 3.09. The van der Waals surface area contributed by atoms with Crippen LogP contribution >= 0.6 is 12.4 Å². The van der Waals surface area contributed by atoms with Crippen LogP contribution in [0, 0.1) is 0 Å². The van der Waals surface area contributed by atoms with E-state index in [-0.39, 0.29) is 17.8 Å². The molecule has 1 aromatic heterocycles. The third-order valence-corrected chi connectivity index (χ3v) is 4.47. The first-order valence-electron chi connectivity index (χ1n) is 7.49. The van der Waals surface area contributed by atoms with Gasteiger partial charge in [0.25, 0.3) is 0 Å². The lowest BCUT2D eigenvalue weighted by Crippen LogP contribution is -2.32. The molecule has 0 radical (unpaired) electrons. The zero-order valence-corrected chi connectivity index (χ0v) is 14.2. The molecule has 0 atom stereocenters. The Bertz CT molecular complexity index is 654. The summed E-state index contributed by atoms with van der Waals surface area (Å²) in [6.07, 6.45) is 4.34. The highest BCUT2D eigenvalue weighted by atomic mass is 35.5. The van der Waals surface area contributed by atoms with Gasteiger partial charge in [0, 0.05) is 12.1 Å². The van der Waals surface area contributed by atoms with Crippen LogP contribution < -0.4 is 15.2 Å². The second-order valence-corrected chi connectivity index (χ2v) is 5.68. The minimum atomic E-state index is -0.151. The fraction of sp³-hybridized carbons (Fsp3) is 0.500. The minimum Gasteiger partial charge on any atom is -0.493 e. The van der Waals surface area contributed by atoms with Crippen LogP contribution in [0.3, 0.4) is 0 Å². The number of hydrogen-bond acceptors (Lipinski definition) is 6. The molecule has 1 aliphatic rings. The number of hydrogen-bond donors (Lipinski definition) is 1. The summed E-state index contributed by atoms with van der Waals surface area (Å²) in [6.45, 7) is 0.542. The normalized spacial score (nSPS) is 16.0. The van der Waals surface area contributed by atoms with Crippen LogP contribution in [-0.2, 0) is 5.41 Å². The van der Waals surface area contributed by atoms with Crippen LogP contribution in [0.1, 0.15) is 31.6 Å². The molecule has 23 heavy (non-hydrogen) atoms. The van der Waals surface area contributed by atoms with Crippen molar-refractivity contribution in [3.63, 3.8) is 0 Å². The highest BCUT2D eigenvalue weighted by molar-refractivity contribution is 5.85. The van der Waals surface area contributed by atoms with Crippen molar-refractivity contribution in [1.29, 1.82) is 0 Å². The van der Waals surface area contributed by atoms with E-state index >= 15 is 0 Å². The topological polar surface area (TPSA) is 83.4 Å². The van der Waals surface area contributed by atoms with Crippen molar-refractivity contribution >= 4 is 12.4 Å². The van der Waals surface area contributed by atoms with E-state index in [1.807, 2.05) is 18.2 Å². The minimum absolute atomic E-state index is 0. The van der Waals surface area contributed by atoms with E-state index in [4.69, 9.17) is 19.7 Å². The molecule has 0 spiro atoms. The van der Waals surface area contributed by atoms with Gasteiger partial charge in [-0.15, -0.1) is 12.4 Å². The van der Waals surface area contributed by atoms with E-state index < -0.39 is 0 Å². The van der Waals surface area contributed by atoms with Crippen molar-refractivity contribution in [3.05, 3.63) is 24.1 Å². The molecule has 0 bridgehead atoms. The molecule has 1 aromatic carbocycles. The smallest absolute Gasteiger partial charge is 0.234 e. The Morgan fingerprint density at radius 3 is 2.48 bits per heavy atom. The molecule has 1 fully saturated rings. The number of benzene rings is 1. The Kier molecular flexibility index (Phi) is 5.49. The van der Waals surface area contributed by atoms with Crippen molar-refractivity contribution in [3.8, 4) is 22.9 Å². The number of methoxy groups -OCH3 is 2. The van der Waals surface area contributed by atoms with Crippen LogP contribution in [0.25, 0.3) is 11.4 Å². The predicted octanol–water partition coefficient (Wildman–Crippen LogP) is 2.95. The van der Waals surface area contributed by atoms with Crippen molar-refractivity contribution in [2.24, 2.45) is 5.73 Å². The average Bonchev–Trinajstić information content (AvgIpc) is 3.23. The monoisotopic (exact) mass is 339 g/mol. The van der Waals surface area contributed by atoms with Crippen LogP contribution in [0.2, 0.25) is 0 Å². The number of nitrogens with two attached hydrogens (primary N) is 1. The molecule has 1 heterocycles. The number of ether oxygens (including phenoxy) is 2. The highest BCUT2D eigenvalue weighted by Crippen LogP contribution is 2.40. The van der Waals surface area contributed by atoms with Crippen LogP contribution in [0.5, 0.6) is 11.5 Å². The first-order valence-corrected chi connectivity index (χ1v) is 7.49. The maximum absolute atomic E-state index is 5.97. The standard InChI is InChI=1S/C16H21N3O3.ClH/c1-20-12-6-5-11(9-13(12)21-2)14-18-15(22-19-14)16(10-17)7-3-4-8-16;/h5-6,9H,3-4,7-8,10,17H2,1-2H3;1H. The van der Waals surface area contributed by atoms with Crippen molar-refractivity contribution < 1.29 is 14.0 Å². The molecule has 6 nitrogen and oxygen atoms in total. The van der Waals surface area contributed by atoms with E-state index in [0.29, 0.717) is 29.8 Å². The third-order valence-electron chi connectivity index (χ3n) is 4.47. The van der Waals surface area contributed by atoms with Gasteiger partial charge in [-0.25, -0.2) is 0 Å². The summed E-state index contributed by atoms with van der Waals surface area (Å²) < 4.78 is 16.1. The van der Waals surface area contributed by atoms with Gasteiger partial charge < -0.3 is 19.7 Å². The number of nitrogens with zero attached hydrogens (tertiary/aromatic N) is 2. The van der Waals surface area contributed by atoms with Gasteiger partial charge in [-0.1, -0.05) is 18.0 Å². The largest absolute Gasteiger partial charge is 0.493 e. The summed E-state index contributed by atoms with van der Waals surface area (Å²) in [7, 11) is 3.21. The second-order valence-electron chi connectivity index (χ2n) is 5.68. The molecule has 2 aromatic rings. The van der Waals surface area contributed by atoms with Crippen molar-refractivity contribution in [2.75, 3.05) is 20.8 Å². The maximum atomic E-state index is 5.97. The number of halogens is 1. The Balaban J connectivity index is 0.00000192. The molecule has 0 unspecified atom stereocenters. The second kappa shape index (κ2) is 7.19. The molecular weight excluding hydrogens is 318 g/mol. The van der Waals surface area contributed by atoms with E-state index in [2.05, 4.69) is 10.1 Å². The maximum Gasteiger partial charge on any atom is 0.234 e. The Labute approximate surface area is 141 Å². The summed E-state index contributed by atoms with van der Waals surface area (Å²) in [5.74, 6) is 2.51. The predicted molar refractivity (Wildman–Crippen MR) is 89.3 cm³/mol. The molecule has 0 amide bonds. The van der Waals surface area contributed by atoms with Gasteiger partial charge in [-0.3, -0.25) is 0 Å². The first-order chi connectivity index (χ1) is 10.7. The van der Waals surface area contributed by atoms with E-state index in [1.54, 1.807) is 14.2 Å². The van der Waals surface area contributed by atoms with Crippen molar-refractivity contribution in [1.82, 2.24) is 10.1 Å². The van der Waals surface area contributed by atoms with Gasteiger partial charge in [-0.05, 0) is 31.0 Å². The highest BCUT2D eigenvalue weighted by Gasteiger charge is 2.39. The Morgan fingerprint density at radius 1 is 1.17 bits per heavy atom. The van der Waals surface area contributed by atoms with Crippen LogP contribution in [0.4, 0.5) is 0 Å². The molecule has 2 N–H and O–H groups in total. The molecule has 0 saturated heterocycles. The summed E-state index contributed by atoms with van der Waals surface area (Å²) in [6, 6.07) is 5.56. The summed E-state index contributed by atoms with van der Waals surface area (Å²) in [5, 5.41) is 4.12. The van der Waals surface area contributed by atoms with Gasteiger partial charge >= 0.3 is 0 Å². The molecule has 0 aliphatic heterocycles. The van der Waals surface area contributed by atoms with E-state index in [1.165, 1.54) is 0 Å². The van der Waals surface area contributed by atoms with E-state index in [0.717, 1.165) is 31.2 Å². The summed E-state index contributed by atoms with van der Waals surface area (Å²) >= 11 is 0. The van der Waals surface area contributed by atoms with Gasteiger partial charge in [-0.2, -0.15) is 4.98 Å². The van der Waals surface area contributed by atoms with Crippen molar-refractivity contribution in [2.45, 2.75) is 31.1 Å². The zero-order valence-electron chi connectivity index (χ0n) is 13.4. The molecule has 1 saturated carbocycles. The zero-order chi connectivity index (χ0) is 15.6. The van der Waals surface area contributed by atoms with Gasteiger partial charge in [0.05, 0.1) is 19.6 Å². The number of rotatable bonds is 5. The Morgan fingerprint density at radius 2 is 1.87 bits per heavy atom. The van der Waals surface area contributed by atoms with E-state index in [9.17, 15) is 0 Å². The quantitative estimate of drug-likeness (QED) is 0.901. The molecular formula is C16H22ClN3O3. The SMILES string of the molecule is COc1ccc(-c2noc(C3(CN)CCCC3)n2)cc1OC.Cl. The number of aromatic nitrogens is 2. The fourth-order valence-electron chi connectivity index (χ4n) is 3.09. The molecule has 126 valence electrons. The van der Waals surface area contributed by atoms with Gasteiger partial charge in [0.1, 0.15) is 0 Å².